The maximum atomic E-state index is 3.92. The SMILES string of the molecule is [CH2]CCCCCCCCCCCCCCCCCCCC[Si](CC)(CC)CC. The summed E-state index contributed by atoms with van der Waals surface area (Å²) in [5.41, 5.74) is 0. The lowest BCUT2D eigenvalue weighted by molar-refractivity contribution is 0.525. The van der Waals surface area contributed by atoms with Crippen molar-refractivity contribution in [3.8, 4) is 0 Å². The lowest BCUT2D eigenvalue weighted by atomic mass is 10.0. The highest BCUT2D eigenvalue weighted by Gasteiger charge is 2.25. The Bertz CT molecular complexity index is 274. The average Bonchev–Trinajstić information content (AvgIpc) is 2.73. The molecule has 0 aromatic heterocycles. The van der Waals surface area contributed by atoms with E-state index in [4.69, 9.17) is 0 Å². The minimum atomic E-state index is -0.832. The van der Waals surface area contributed by atoms with Crippen LogP contribution >= 0.6 is 0 Å². The lowest BCUT2D eigenvalue weighted by Gasteiger charge is -2.28. The topological polar surface area (TPSA) is 0 Å². The fraction of sp³-hybridized carbons (Fsp3) is 0.963. The summed E-state index contributed by atoms with van der Waals surface area (Å²) in [4.78, 5) is 0. The van der Waals surface area contributed by atoms with Crippen molar-refractivity contribution in [2.24, 2.45) is 0 Å². The Morgan fingerprint density at radius 2 is 0.643 bits per heavy atom. The van der Waals surface area contributed by atoms with Crippen LogP contribution in [0, 0.1) is 6.92 Å². The minimum Gasteiger partial charge on any atom is -0.0678 e. The van der Waals surface area contributed by atoms with Crippen molar-refractivity contribution >= 4 is 8.07 Å². The van der Waals surface area contributed by atoms with Gasteiger partial charge in [-0.3, -0.25) is 0 Å². The second kappa shape index (κ2) is 21.9. The fourth-order valence-electron chi connectivity index (χ4n) is 4.79. The molecular weight excluding hydrogens is 352 g/mol. The molecule has 0 aromatic rings. The smallest absolute Gasteiger partial charge is 0.0527 e. The molecule has 0 unspecified atom stereocenters. The van der Waals surface area contributed by atoms with Gasteiger partial charge >= 0.3 is 0 Å². The van der Waals surface area contributed by atoms with E-state index in [-0.39, 0.29) is 0 Å². The van der Waals surface area contributed by atoms with E-state index in [2.05, 4.69) is 27.7 Å². The predicted octanol–water partition coefficient (Wildman–Crippen LogP) is 10.7. The van der Waals surface area contributed by atoms with Crippen LogP contribution in [-0.4, -0.2) is 8.07 Å². The van der Waals surface area contributed by atoms with Gasteiger partial charge < -0.3 is 0 Å². The van der Waals surface area contributed by atoms with Gasteiger partial charge in [0.15, 0.2) is 0 Å². The zero-order chi connectivity index (χ0) is 20.8. The Labute approximate surface area is 182 Å². The molecule has 1 radical (unpaired) electrons. The summed E-state index contributed by atoms with van der Waals surface area (Å²) in [5.74, 6) is 0. The zero-order valence-corrected chi connectivity index (χ0v) is 21.5. The molecule has 0 aliphatic carbocycles. The zero-order valence-electron chi connectivity index (χ0n) is 20.5. The molecule has 0 amide bonds. The maximum absolute atomic E-state index is 3.92. The Morgan fingerprint density at radius 3 is 0.893 bits per heavy atom. The van der Waals surface area contributed by atoms with Crippen LogP contribution in [0.4, 0.5) is 0 Å². The molecule has 0 nitrogen and oxygen atoms in total. The molecule has 1 heteroatoms. The largest absolute Gasteiger partial charge is 0.0678 e. The van der Waals surface area contributed by atoms with Gasteiger partial charge in [0.05, 0.1) is 8.07 Å². The second-order valence-electron chi connectivity index (χ2n) is 9.53. The third-order valence-electron chi connectivity index (χ3n) is 7.46. The van der Waals surface area contributed by atoms with Crippen LogP contribution in [-0.2, 0) is 0 Å². The summed E-state index contributed by atoms with van der Waals surface area (Å²) in [6, 6.07) is 6.14. The number of hydrogen-bond donors (Lipinski definition) is 0. The van der Waals surface area contributed by atoms with Gasteiger partial charge in [-0.05, 0) is 0 Å². The van der Waals surface area contributed by atoms with Crippen LogP contribution in [0.2, 0.25) is 24.2 Å². The van der Waals surface area contributed by atoms with Crippen molar-refractivity contribution in [3.63, 3.8) is 0 Å². The average molecular weight is 410 g/mol. The molecule has 0 aliphatic rings. The second-order valence-corrected chi connectivity index (χ2v) is 15.1. The van der Waals surface area contributed by atoms with E-state index in [1.54, 1.807) is 6.04 Å². The van der Waals surface area contributed by atoms with Crippen molar-refractivity contribution in [1.82, 2.24) is 0 Å². The Kier molecular flexibility index (Phi) is 22.1. The van der Waals surface area contributed by atoms with E-state index in [1.807, 2.05) is 0 Å². The molecule has 0 fully saturated rings. The van der Waals surface area contributed by atoms with Crippen molar-refractivity contribution in [1.29, 1.82) is 0 Å². The minimum absolute atomic E-state index is 0.832. The molecule has 0 bridgehead atoms. The first-order chi connectivity index (χ1) is 13.7. The lowest BCUT2D eigenvalue weighted by Crippen LogP contribution is -2.30. The van der Waals surface area contributed by atoms with Crippen LogP contribution in [0.3, 0.4) is 0 Å². The Morgan fingerprint density at radius 1 is 0.393 bits per heavy atom. The van der Waals surface area contributed by atoms with E-state index in [0.29, 0.717) is 0 Å². The highest BCUT2D eigenvalue weighted by atomic mass is 28.3. The standard InChI is InChI=1S/C27H57Si/c1-5-9-10-11-12-13-14-15-16-17-18-19-20-21-22-23-24-25-26-27-28(6-2,7-3)8-4/h1,5-27H2,2-4H3. The monoisotopic (exact) mass is 409 g/mol. The van der Waals surface area contributed by atoms with Crippen LogP contribution in [0.5, 0.6) is 0 Å². The molecule has 0 aromatic carbocycles. The molecule has 0 heterocycles. The Balaban J connectivity index is 3.18. The van der Waals surface area contributed by atoms with Gasteiger partial charge in [0.25, 0.3) is 0 Å². The fourth-order valence-corrected chi connectivity index (χ4v) is 8.35. The number of unbranched alkanes of at least 4 members (excludes halogenated alkanes) is 18. The van der Waals surface area contributed by atoms with Gasteiger partial charge in [-0.15, -0.1) is 0 Å². The first-order valence-corrected chi connectivity index (χ1v) is 16.4. The van der Waals surface area contributed by atoms with E-state index < -0.39 is 8.07 Å². The van der Waals surface area contributed by atoms with Gasteiger partial charge in [0, 0.05) is 0 Å². The first-order valence-electron chi connectivity index (χ1n) is 13.5. The van der Waals surface area contributed by atoms with Crippen molar-refractivity contribution in [2.75, 3.05) is 0 Å². The molecule has 0 spiro atoms. The molecule has 0 saturated heterocycles. The third-order valence-corrected chi connectivity index (χ3v) is 13.4. The predicted molar refractivity (Wildman–Crippen MR) is 135 cm³/mol. The van der Waals surface area contributed by atoms with Gasteiger partial charge in [0.1, 0.15) is 0 Å². The van der Waals surface area contributed by atoms with E-state index >= 15 is 0 Å². The summed E-state index contributed by atoms with van der Waals surface area (Å²) in [5, 5.41) is 0. The molecule has 169 valence electrons. The number of rotatable bonds is 23. The summed E-state index contributed by atoms with van der Waals surface area (Å²) in [7, 11) is -0.832. The van der Waals surface area contributed by atoms with Crippen LogP contribution < -0.4 is 0 Å². The van der Waals surface area contributed by atoms with Gasteiger partial charge in [-0.25, -0.2) is 0 Å². The van der Waals surface area contributed by atoms with E-state index in [1.165, 1.54) is 134 Å². The normalized spacial score (nSPS) is 12.0. The van der Waals surface area contributed by atoms with Crippen LogP contribution in [0.15, 0.2) is 0 Å². The van der Waals surface area contributed by atoms with Crippen LogP contribution in [0.25, 0.3) is 0 Å². The Hall–Kier alpha value is 0.217. The summed E-state index contributed by atoms with van der Waals surface area (Å²) in [6.07, 6.45) is 27.6. The summed E-state index contributed by atoms with van der Waals surface area (Å²) < 4.78 is 0. The highest BCUT2D eigenvalue weighted by molar-refractivity contribution is 6.79. The maximum Gasteiger partial charge on any atom is 0.0527 e. The first kappa shape index (κ1) is 28.2. The third kappa shape index (κ3) is 17.1. The van der Waals surface area contributed by atoms with Crippen molar-refractivity contribution in [3.05, 3.63) is 6.92 Å². The van der Waals surface area contributed by atoms with Gasteiger partial charge in [-0.1, -0.05) is 174 Å². The molecular formula is C27H57Si. The van der Waals surface area contributed by atoms with Crippen LogP contribution in [0.1, 0.15) is 143 Å². The molecule has 0 aliphatic heterocycles. The summed E-state index contributed by atoms with van der Waals surface area (Å²) in [6.45, 7) is 11.3. The molecule has 0 rings (SSSR count). The number of hydrogen-bond acceptors (Lipinski definition) is 0. The summed E-state index contributed by atoms with van der Waals surface area (Å²) >= 11 is 0. The quantitative estimate of drug-likeness (QED) is 0.116. The van der Waals surface area contributed by atoms with Gasteiger partial charge in [0.2, 0.25) is 0 Å². The molecule has 0 atom stereocenters. The van der Waals surface area contributed by atoms with Crippen molar-refractivity contribution < 1.29 is 0 Å². The van der Waals surface area contributed by atoms with Crippen molar-refractivity contribution in [2.45, 2.75) is 167 Å². The van der Waals surface area contributed by atoms with Gasteiger partial charge in [-0.2, -0.15) is 0 Å². The highest BCUT2D eigenvalue weighted by Crippen LogP contribution is 2.27. The molecule has 0 N–H and O–H groups in total. The van der Waals surface area contributed by atoms with E-state index in [0.717, 1.165) is 6.42 Å². The molecule has 28 heavy (non-hydrogen) atoms. The molecule has 0 saturated carbocycles. The van der Waals surface area contributed by atoms with E-state index in [9.17, 15) is 0 Å².